The van der Waals surface area contributed by atoms with Crippen molar-refractivity contribution in [2.75, 3.05) is 0 Å². The summed E-state index contributed by atoms with van der Waals surface area (Å²) in [5.41, 5.74) is 19.3. The predicted molar refractivity (Wildman–Crippen MR) is 235 cm³/mol. The monoisotopic (exact) mass is 848 g/mol. The predicted octanol–water partition coefficient (Wildman–Crippen LogP) is 13.6. The van der Waals surface area contributed by atoms with Crippen molar-refractivity contribution in [1.82, 2.24) is 0 Å². The van der Waals surface area contributed by atoms with E-state index in [1.807, 2.05) is 0 Å². The van der Waals surface area contributed by atoms with Crippen molar-refractivity contribution in [1.29, 1.82) is 0 Å². The Balaban J connectivity index is 0.00000249. The number of fused-ring (bicyclic) bond motifs is 2. The molecule has 2 nitrogen and oxygen atoms in total. The van der Waals surface area contributed by atoms with E-state index in [0.717, 1.165) is 35.9 Å². The van der Waals surface area contributed by atoms with E-state index < -0.39 is 17.4 Å². The van der Waals surface area contributed by atoms with Gasteiger partial charge in [0.2, 0.25) is 0 Å². The number of benzene rings is 4. The summed E-state index contributed by atoms with van der Waals surface area (Å²) in [6, 6.07) is 35.9. The van der Waals surface area contributed by atoms with Crippen LogP contribution in [0.4, 0.5) is 0 Å². The van der Waals surface area contributed by atoms with Crippen molar-refractivity contribution in [3.8, 4) is 22.3 Å². The molecule has 0 aliphatic heterocycles. The zero-order valence-electron chi connectivity index (χ0n) is 32.8. The molecule has 6 heteroatoms. The van der Waals surface area contributed by atoms with Crippen LogP contribution in [0.1, 0.15) is 88.6 Å². The number of hydrogen-bond acceptors (Lipinski definition) is 2. The van der Waals surface area contributed by atoms with Crippen LogP contribution in [-0.4, -0.2) is 6.88 Å². The summed E-state index contributed by atoms with van der Waals surface area (Å²) in [7, 11) is 0. The van der Waals surface area contributed by atoms with Gasteiger partial charge in [0.05, 0.1) is 0 Å². The summed E-state index contributed by atoms with van der Waals surface area (Å²) in [6.07, 6.45) is 7.01. The molecule has 2 aromatic heterocycles. The molecule has 6 aromatic rings. The van der Waals surface area contributed by atoms with Crippen LogP contribution in [0.2, 0.25) is 9.26 Å². The summed E-state index contributed by atoms with van der Waals surface area (Å²) < 4.78 is 19.1. The number of aryl methyl sites for hydroxylation is 4. The molecule has 278 valence electrons. The topological polar surface area (TPSA) is 26.3 Å². The molecular weight excluding hydrogens is 799 g/mol. The second-order valence-corrected chi connectivity index (χ2v) is 46.8. The number of halogens is 2. The maximum Gasteiger partial charge on any atom is -0.147 e. The first-order chi connectivity index (χ1) is 24.9. The molecule has 0 N–H and O–H groups in total. The van der Waals surface area contributed by atoms with E-state index in [1.54, 1.807) is 0 Å². The van der Waals surface area contributed by atoms with Crippen LogP contribution >= 0.6 is 24.8 Å². The molecule has 4 aromatic carbocycles. The molecule has 2 aliphatic rings. The van der Waals surface area contributed by atoms with Crippen LogP contribution in [-0.2, 0) is 30.2 Å². The van der Waals surface area contributed by atoms with Crippen LogP contribution in [0.3, 0.4) is 0 Å². The average molecular weight is 851 g/mol. The average Bonchev–Trinajstić information content (AvgIpc) is 3.93. The summed E-state index contributed by atoms with van der Waals surface area (Å²) in [6.45, 7) is 15.8. The summed E-state index contributed by atoms with van der Waals surface area (Å²) in [5, 5.41) is 0. The van der Waals surface area contributed by atoms with Crippen molar-refractivity contribution in [2.24, 2.45) is 0 Å². The summed E-state index contributed by atoms with van der Waals surface area (Å²) in [4.78, 5) is 0. The smallest absolute Gasteiger partial charge is 0.147 e. The Morgan fingerprint density at radius 2 is 0.926 bits per heavy atom. The fourth-order valence-electron chi connectivity index (χ4n) is 9.87. The Kier molecular flexibility index (Phi) is 11.1. The van der Waals surface area contributed by atoms with Crippen molar-refractivity contribution < 1.29 is 26.2 Å². The third-order valence-corrected chi connectivity index (χ3v) is 29.4. The van der Waals surface area contributed by atoms with Gasteiger partial charge in [-0.2, -0.15) is 0 Å². The van der Waals surface area contributed by atoms with Gasteiger partial charge in [0.15, 0.2) is 0 Å². The Morgan fingerprint density at radius 3 is 1.24 bits per heavy atom. The van der Waals surface area contributed by atoms with E-state index in [2.05, 4.69) is 167 Å². The van der Waals surface area contributed by atoms with Crippen LogP contribution < -0.4 is 0 Å². The van der Waals surface area contributed by atoms with Gasteiger partial charge in [-0.15, -0.1) is 24.8 Å². The molecule has 2 heterocycles. The molecule has 0 fully saturated rings. The minimum Gasteiger partial charge on any atom is -0.147 e. The van der Waals surface area contributed by atoms with Gasteiger partial charge in [0, 0.05) is 0 Å². The second kappa shape index (κ2) is 14.9. The minimum atomic E-state index is -4.22. The van der Waals surface area contributed by atoms with E-state index in [9.17, 15) is 0 Å². The van der Waals surface area contributed by atoms with E-state index in [4.69, 9.17) is 8.83 Å². The van der Waals surface area contributed by atoms with Crippen LogP contribution in [0.5, 0.6) is 0 Å². The fourth-order valence-corrected chi connectivity index (χ4v) is 28.2. The first kappa shape index (κ1) is 40.3. The number of furan rings is 2. The maximum absolute atomic E-state index is 6.61. The van der Waals surface area contributed by atoms with Crippen LogP contribution in [0.15, 0.2) is 106 Å². The number of hydrogen-bond donors (Lipinski definition) is 0. The third kappa shape index (κ3) is 6.46. The standard InChI is InChI=1S/2C23H21O.2CH3.2ClH.H2Si.Zr/c2*1-4-17-12-19-13-20(22-11-10-15(2)24-22)14-21(19)23(16(17)3)18-8-6-5-7-9-18;;;;;;/h2*5-14H,4H2,1-3H3;2*1H3;2*1H;1H2;. The Morgan fingerprint density at radius 1 is 0.556 bits per heavy atom. The molecule has 0 saturated carbocycles. The van der Waals surface area contributed by atoms with Crippen LogP contribution in [0.25, 0.3) is 45.6 Å². The third-order valence-electron chi connectivity index (χ3n) is 12.2. The molecule has 2 unspecified atom stereocenters. The van der Waals surface area contributed by atoms with Gasteiger partial charge in [-0.1, -0.05) is 0 Å². The summed E-state index contributed by atoms with van der Waals surface area (Å²) in [5.74, 6) is 3.91. The van der Waals surface area contributed by atoms with Gasteiger partial charge < -0.3 is 0 Å². The molecule has 0 amide bonds. The largest absolute Gasteiger partial charge is 0.147 e. The Bertz CT molecular complexity index is 2340. The molecule has 0 bridgehead atoms. The Hall–Kier alpha value is -3.40. The van der Waals surface area contributed by atoms with Crippen molar-refractivity contribution in [2.45, 2.75) is 70.9 Å². The number of rotatable bonds is 8. The van der Waals surface area contributed by atoms with Crippen molar-refractivity contribution >= 4 is 55.0 Å². The SMILES string of the molecule is CCc1cc2c(c(-c3ccccc3)c1C)C=C(c1ccc(C)o1)[CH]2[Zr]([CH3])([CH3])(=[SiH2])[CH]1C(c2ccc(C)o2)=Cc2c1cc(CC)c(C)c2-c1ccccc1.Cl.Cl. The first-order valence-corrected chi connectivity index (χ1v) is 32.7. The molecular formula is C48H52Cl2O2SiZr. The molecule has 54 heavy (non-hydrogen) atoms. The van der Waals surface area contributed by atoms with Gasteiger partial charge in [0.25, 0.3) is 0 Å². The van der Waals surface area contributed by atoms with Gasteiger partial charge in [0.1, 0.15) is 0 Å². The van der Waals surface area contributed by atoms with Gasteiger partial charge in [-0.05, 0) is 0 Å². The van der Waals surface area contributed by atoms with E-state index in [0.29, 0.717) is 0 Å². The van der Waals surface area contributed by atoms with Crippen molar-refractivity contribution in [3.63, 3.8) is 0 Å². The molecule has 0 saturated heterocycles. The first-order valence-electron chi connectivity index (χ1n) is 19.0. The quantitative estimate of drug-likeness (QED) is 0.143. The van der Waals surface area contributed by atoms with Gasteiger partial charge >= 0.3 is 314 Å². The maximum atomic E-state index is 6.61. The van der Waals surface area contributed by atoms with Gasteiger partial charge in [-0.3, -0.25) is 0 Å². The van der Waals surface area contributed by atoms with E-state index in [-0.39, 0.29) is 32.1 Å². The van der Waals surface area contributed by atoms with E-state index in [1.165, 1.54) is 77.9 Å². The summed E-state index contributed by atoms with van der Waals surface area (Å²) >= 11 is -4.22. The molecule has 8 rings (SSSR count). The molecule has 0 radical (unpaired) electrons. The normalized spacial score (nSPS) is 16.2. The van der Waals surface area contributed by atoms with Crippen molar-refractivity contribution in [3.05, 3.63) is 165 Å². The molecule has 0 spiro atoms. The Labute approximate surface area is 336 Å². The zero-order valence-corrected chi connectivity index (χ0v) is 38.3. The fraction of sp³-hybridized carbons (Fsp3) is 0.250. The zero-order chi connectivity index (χ0) is 36.6. The molecule has 2 atom stereocenters. The minimum absolute atomic E-state index is 0. The van der Waals surface area contributed by atoms with Gasteiger partial charge in [-0.25, -0.2) is 0 Å². The molecule has 2 aliphatic carbocycles. The van der Waals surface area contributed by atoms with E-state index >= 15 is 0 Å². The second-order valence-electron chi connectivity index (χ2n) is 16.3. The number of allylic oxidation sites excluding steroid dienone is 2. The van der Waals surface area contributed by atoms with Crippen LogP contribution in [0, 0.1) is 27.7 Å².